The largest absolute Gasteiger partial charge is 0.369 e. The number of ether oxygens (including phenoxy) is 1. The number of carbonyl (C=O) groups excluding carboxylic acids is 1. The Kier molecular flexibility index (Phi) is 3.97. The summed E-state index contributed by atoms with van der Waals surface area (Å²) in [4.78, 5) is 14.4. The van der Waals surface area contributed by atoms with Crippen molar-refractivity contribution in [2.24, 2.45) is 0 Å². The van der Waals surface area contributed by atoms with Crippen LogP contribution in [0.25, 0.3) is 5.65 Å². The van der Waals surface area contributed by atoms with Crippen molar-refractivity contribution in [1.82, 2.24) is 24.8 Å². The van der Waals surface area contributed by atoms with Gasteiger partial charge in [0.15, 0.2) is 11.5 Å². The highest BCUT2D eigenvalue weighted by atomic mass is 16.5. The number of pyridine rings is 1. The van der Waals surface area contributed by atoms with E-state index in [2.05, 4.69) is 15.5 Å². The third kappa shape index (κ3) is 3.29. The third-order valence-corrected chi connectivity index (χ3v) is 3.92. The second kappa shape index (κ2) is 5.81. The Morgan fingerprint density at radius 1 is 1.43 bits per heavy atom. The quantitative estimate of drug-likeness (QED) is 0.919. The molecule has 2 amide bonds. The van der Waals surface area contributed by atoms with Gasteiger partial charge in [-0.1, -0.05) is 6.07 Å². The summed E-state index contributed by atoms with van der Waals surface area (Å²) >= 11 is 0. The van der Waals surface area contributed by atoms with Crippen LogP contribution in [0.4, 0.5) is 4.79 Å². The van der Waals surface area contributed by atoms with Crippen LogP contribution in [0.2, 0.25) is 0 Å². The number of rotatable bonds is 2. The molecule has 7 nitrogen and oxygen atoms in total. The average Bonchev–Trinajstić information content (AvgIpc) is 2.89. The van der Waals surface area contributed by atoms with Crippen LogP contribution in [0.5, 0.6) is 0 Å². The number of morpholine rings is 1. The van der Waals surface area contributed by atoms with E-state index >= 15 is 0 Å². The molecular formula is C16H23N5O2. The summed E-state index contributed by atoms with van der Waals surface area (Å²) in [5.41, 5.74) is 0.435. The number of hydrogen-bond acceptors (Lipinski definition) is 4. The van der Waals surface area contributed by atoms with Gasteiger partial charge in [0.25, 0.3) is 0 Å². The number of nitrogens with zero attached hydrogens (tertiary/aromatic N) is 4. The lowest BCUT2D eigenvalue weighted by molar-refractivity contribution is -0.117. The first-order chi connectivity index (χ1) is 10.9. The Labute approximate surface area is 135 Å². The lowest BCUT2D eigenvalue weighted by Gasteiger charge is -2.41. The molecule has 124 valence electrons. The highest BCUT2D eigenvalue weighted by molar-refractivity contribution is 5.74. The molecular weight excluding hydrogens is 294 g/mol. The fraction of sp³-hybridized carbons (Fsp3) is 0.562. The maximum absolute atomic E-state index is 12.6. The van der Waals surface area contributed by atoms with Gasteiger partial charge < -0.3 is 15.0 Å². The number of hydrogen-bond donors (Lipinski definition) is 1. The van der Waals surface area contributed by atoms with E-state index < -0.39 is 0 Å². The number of fused-ring (bicyclic) bond motifs is 1. The van der Waals surface area contributed by atoms with E-state index in [1.807, 2.05) is 56.5 Å². The highest BCUT2D eigenvalue weighted by Gasteiger charge is 2.34. The molecule has 3 rings (SSSR count). The van der Waals surface area contributed by atoms with Crippen molar-refractivity contribution in [1.29, 1.82) is 0 Å². The van der Waals surface area contributed by atoms with Gasteiger partial charge in [0.2, 0.25) is 0 Å². The standard InChI is InChI=1S/C16H23N5O2/c1-11-9-20(10-16(3,4)23-11)15(22)17-12(2)14-19-18-13-7-5-6-8-21(13)14/h5-8,11-12H,9-10H2,1-4H3,(H,17,22). The van der Waals surface area contributed by atoms with Crippen molar-refractivity contribution in [2.75, 3.05) is 13.1 Å². The predicted octanol–water partition coefficient (Wildman–Crippen LogP) is 2.00. The molecule has 1 aliphatic heterocycles. The molecule has 0 saturated carbocycles. The summed E-state index contributed by atoms with van der Waals surface area (Å²) in [7, 11) is 0. The number of amides is 2. The Morgan fingerprint density at radius 2 is 2.22 bits per heavy atom. The molecule has 1 saturated heterocycles. The zero-order valence-electron chi connectivity index (χ0n) is 14.0. The SMILES string of the molecule is CC1CN(C(=O)NC(C)c2nnc3ccccn23)CC(C)(C)O1. The number of carbonyl (C=O) groups is 1. The van der Waals surface area contributed by atoms with Crippen LogP contribution in [0.3, 0.4) is 0 Å². The van der Waals surface area contributed by atoms with Gasteiger partial charge in [0, 0.05) is 12.7 Å². The minimum Gasteiger partial charge on any atom is -0.369 e. The minimum atomic E-state index is -0.334. The molecule has 1 aliphatic rings. The van der Waals surface area contributed by atoms with E-state index in [1.165, 1.54) is 0 Å². The van der Waals surface area contributed by atoms with Crippen LogP contribution >= 0.6 is 0 Å². The minimum absolute atomic E-state index is 0.0220. The molecule has 2 atom stereocenters. The first-order valence-corrected chi connectivity index (χ1v) is 7.89. The lowest BCUT2D eigenvalue weighted by Crippen LogP contribution is -2.56. The van der Waals surface area contributed by atoms with Gasteiger partial charge in [0.1, 0.15) is 0 Å². The summed E-state index contributed by atoms with van der Waals surface area (Å²) in [5, 5.41) is 11.3. The van der Waals surface area contributed by atoms with Crippen molar-refractivity contribution < 1.29 is 9.53 Å². The van der Waals surface area contributed by atoms with Crippen LogP contribution in [-0.2, 0) is 4.74 Å². The van der Waals surface area contributed by atoms with E-state index in [0.717, 1.165) is 11.5 Å². The molecule has 2 aromatic rings. The first kappa shape index (κ1) is 15.7. The van der Waals surface area contributed by atoms with Crippen molar-refractivity contribution in [3.8, 4) is 0 Å². The molecule has 0 radical (unpaired) electrons. The Balaban J connectivity index is 1.72. The zero-order chi connectivity index (χ0) is 16.6. The summed E-state index contributed by atoms with van der Waals surface area (Å²) in [5.74, 6) is 0.717. The number of nitrogens with one attached hydrogen (secondary N) is 1. The van der Waals surface area contributed by atoms with E-state index in [4.69, 9.17) is 4.74 Å². The van der Waals surface area contributed by atoms with Gasteiger partial charge in [-0.05, 0) is 39.8 Å². The van der Waals surface area contributed by atoms with Gasteiger partial charge in [0.05, 0.1) is 24.3 Å². The van der Waals surface area contributed by atoms with Crippen LogP contribution in [-0.4, -0.2) is 50.3 Å². The fourth-order valence-electron chi connectivity index (χ4n) is 3.10. The van der Waals surface area contributed by atoms with Crippen LogP contribution < -0.4 is 5.32 Å². The normalized spacial score (nSPS) is 22.1. The predicted molar refractivity (Wildman–Crippen MR) is 86.1 cm³/mol. The monoisotopic (exact) mass is 317 g/mol. The van der Waals surface area contributed by atoms with Crippen molar-refractivity contribution >= 4 is 11.7 Å². The molecule has 0 bridgehead atoms. The second-order valence-corrected chi connectivity index (χ2v) is 6.73. The van der Waals surface area contributed by atoms with Crippen molar-refractivity contribution in [3.63, 3.8) is 0 Å². The van der Waals surface area contributed by atoms with E-state index in [9.17, 15) is 4.79 Å². The van der Waals surface area contributed by atoms with E-state index in [-0.39, 0.29) is 23.8 Å². The molecule has 2 unspecified atom stereocenters. The molecule has 0 aromatic carbocycles. The maximum Gasteiger partial charge on any atom is 0.318 e. The van der Waals surface area contributed by atoms with Gasteiger partial charge in [-0.3, -0.25) is 4.40 Å². The maximum atomic E-state index is 12.6. The van der Waals surface area contributed by atoms with Crippen LogP contribution in [0, 0.1) is 0 Å². The molecule has 23 heavy (non-hydrogen) atoms. The third-order valence-electron chi connectivity index (χ3n) is 3.92. The van der Waals surface area contributed by atoms with Crippen molar-refractivity contribution in [2.45, 2.75) is 45.4 Å². The highest BCUT2D eigenvalue weighted by Crippen LogP contribution is 2.21. The first-order valence-electron chi connectivity index (χ1n) is 7.89. The fourth-order valence-corrected chi connectivity index (χ4v) is 3.10. The topological polar surface area (TPSA) is 71.8 Å². The Bertz CT molecular complexity index is 711. The van der Waals surface area contributed by atoms with Gasteiger partial charge >= 0.3 is 6.03 Å². The van der Waals surface area contributed by atoms with Crippen LogP contribution in [0.15, 0.2) is 24.4 Å². The molecule has 3 heterocycles. The van der Waals surface area contributed by atoms with Gasteiger partial charge in [-0.25, -0.2) is 4.79 Å². The summed E-state index contributed by atoms with van der Waals surface area (Å²) in [6.07, 6.45) is 1.92. The smallest absolute Gasteiger partial charge is 0.318 e. The molecule has 2 aromatic heterocycles. The zero-order valence-corrected chi connectivity index (χ0v) is 14.0. The molecule has 7 heteroatoms. The summed E-state index contributed by atoms with van der Waals surface area (Å²) in [6.45, 7) is 9.04. The molecule has 0 aliphatic carbocycles. The van der Waals surface area contributed by atoms with Crippen LogP contribution in [0.1, 0.15) is 39.6 Å². The van der Waals surface area contributed by atoms with Gasteiger partial charge in [-0.15, -0.1) is 10.2 Å². The molecule has 0 spiro atoms. The van der Waals surface area contributed by atoms with E-state index in [1.54, 1.807) is 4.90 Å². The van der Waals surface area contributed by atoms with Gasteiger partial charge in [-0.2, -0.15) is 0 Å². The molecule has 1 fully saturated rings. The summed E-state index contributed by atoms with van der Waals surface area (Å²) in [6, 6.07) is 5.38. The summed E-state index contributed by atoms with van der Waals surface area (Å²) < 4.78 is 7.73. The average molecular weight is 317 g/mol. The van der Waals surface area contributed by atoms with Crippen molar-refractivity contribution in [3.05, 3.63) is 30.2 Å². The molecule has 1 N–H and O–H groups in total. The Morgan fingerprint density at radius 3 is 2.96 bits per heavy atom. The number of aromatic nitrogens is 3. The Hall–Kier alpha value is -2.15. The van der Waals surface area contributed by atoms with E-state index in [0.29, 0.717) is 13.1 Å². The second-order valence-electron chi connectivity index (χ2n) is 6.73. The number of urea groups is 1. The lowest BCUT2D eigenvalue weighted by atomic mass is 10.1.